The molecule has 1 heterocycles. The van der Waals surface area contributed by atoms with Crippen LogP contribution in [0.25, 0.3) is 10.9 Å². The number of aromatic nitrogens is 1. The van der Waals surface area contributed by atoms with E-state index >= 15 is 0 Å². The molecule has 4 N–H and O–H groups in total. The zero-order valence-electron chi connectivity index (χ0n) is 9.69. The fourth-order valence-electron chi connectivity index (χ4n) is 1.81. The van der Waals surface area contributed by atoms with Gasteiger partial charge in [0.1, 0.15) is 0 Å². The summed E-state index contributed by atoms with van der Waals surface area (Å²) in [5.41, 5.74) is 8.45. The van der Waals surface area contributed by atoms with Crippen LogP contribution in [-0.4, -0.2) is 23.2 Å². The lowest BCUT2D eigenvalue weighted by Crippen LogP contribution is -2.03. The number of fused-ring (bicyclic) bond motifs is 1. The number of anilines is 2. The first-order valence-electron chi connectivity index (χ1n) is 5.81. The third-order valence-corrected chi connectivity index (χ3v) is 2.70. The highest BCUT2D eigenvalue weighted by Crippen LogP contribution is 2.26. The van der Waals surface area contributed by atoms with Crippen molar-refractivity contribution in [3.05, 3.63) is 30.5 Å². The molecule has 0 bridgehead atoms. The fraction of sp³-hybridized carbons (Fsp3) is 0.308. The zero-order valence-corrected chi connectivity index (χ0v) is 9.69. The molecule has 0 spiro atoms. The highest BCUT2D eigenvalue weighted by Gasteiger charge is 2.03. The number of hydrogen-bond acceptors (Lipinski definition) is 4. The largest absolute Gasteiger partial charge is 0.397 e. The summed E-state index contributed by atoms with van der Waals surface area (Å²) in [5.74, 6) is 0. The summed E-state index contributed by atoms with van der Waals surface area (Å²) in [6, 6.07) is 7.75. The van der Waals surface area contributed by atoms with Crippen molar-refractivity contribution in [1.29, 1.82) is 0 Å². The van der Waals surface area contributed by atoms with Crippen LogP contribution in [0, 0.1) is 0 Å². The number of nitrogens with one attached hydrogen (secondary N) is 1. The number of benzene rings is 1. The molecular formula is C13H17N3O. The Bertz CT molecular complexity index is 499. The maximum absolute atomic E-state index is 8.72. The van der Waals surface area contributed by atoms with Crippen LogP contribution < -0.4 is 11.1 Å². The molecule has 0 saturated heterocycles. The van der Waals surface area contributed by atoms with Crippen molar-refractivity contribution in [2.24, 2.45) is 0 Å². The summed E-state index contributed by atoms with van der Waals surface area (Å²) in [6.45, 7) is 1.08. The summed E-state index contributed by atoms with van der Waals surface area (Å²) in [5, 5.41) is 13.1. The second-order valence-electron chi connectivity index (χ2n) is 3.96. The molecule has 0 aliphatic carbocycles. The molecule has 1 aromatic heterocycles. The Morgan fingerprint density at radius 2 is 2.12 bits per heavy atom. The van der Waals surface area contributed by atoms with Crippen LogP contribution in [0.3, 0.4) is 0 Å². The molecule has 2 aromatic rings. The normalized spacial score (nSPS) is 10.6. The molecular weight excluding hydrogens is 214 g/mol. The third kappa shape index (κ3) is 2.65. The van der Waals surface area contributed by atoms with Crippen LogP contribution in [0.1, 0.15) is 12.8 Å². The smallest absolute Gasteiger partial charge is 0.0951 e. The van der Waals surface area contributed by atoms with Gasteiger partial charge in [0.05, 0.1) is 11.2 Å². The first-order chi connectivity index (χ1) is 8.33. The molecule has 0 saturated carbocycles. The van der Waals surface area contributed by atoms with Gasteiger partial charge >= 0.3 is 0 Å². The number of unbranched alkanes of at least 4 members (excludes halogenated alkanes) is 1. The van der Waals surface area contributed by atoms with Crippen molar-refractivity contribution < 1.29 is 5.11 Å². The molecule has 4 nitrogen and oxygen atoms in total. The molecule has 4 heteroatoms. The highest BCUT2D eigenvalue weighted by molar-refractivity contribution is 5.98. The maximum atomic E-state index is 8.72. The molecule has 1 aromatic carbocycles. The van der Waals surface area contributed by atoms with Gasteiger partial charge in [0.25, 0.3) is 0 Å². The van der Waals surface area contributed by atoms with Gasteiger partial charge in [-0.25, -0.2) is 0 Å². The van der Waals surface area contributed by atoms with Crippen LogP contribution >= 0.6 is 0 Å². The zero-order chi connectivity index (χ0) is 12.1. The highest BCUT2D eigenvalue weighted by atomic mass is 16.2. The SMILES string of the molecule is Nc1ccc(NCCCCO)c2cccnc12. The van der Waals surface area contributed by atoms with Gasteiger partial charge in [-0.3, -0.25) is 4.98 Å². The summed E-state index contributed by atoms with van der Waals surface area (Å²) >= 11 is 0. The molecule has 0 unspecified atom stereocenters. The van der Waals surface area contributed by atoms with Crippen molar-refractivity contribution in [2.75, 3.05) is 24.2 Å². The van der Waals surface area contributed by atoms with Gasteiger partial charge in [0, 0.05) is 30.4 Å². The Morgan fingerprint density at radius 1 is 1.24 bits per heavy atom. The van der Waals surface area contributed by atoms with Crippen molar-refractivity contribution in [1.82, 2.24) is 4.98 Å². The van der Waals surface area contributed by atoms with Gasteiger partial charge < -0.3 is 16.2 Å². The number of rotatable bonds is 5. The van der Waals surface area contributed by atoms with Crippen LogP contribution in [-0.2, 0) is 0 Å². The lowest BCUT2D eigenvalue weighted by molar-refractivity contribution is 0.286. The van der Waals surface area contributed by atoms with Gasteiger partial charge in [-0.15, -0.1) is 0 Å². The number of aliphatic hydroxyl groups excluding tert-OH is 1. The summed E-state index contributed by atoms with van der Waals surface area (Å²) < 4.78 is 0. The Labute approximate surface area is 100 Å². The summed E-state index contributed by atoms with van der Waals surface area (Å²) in [7, 11) is 0. The van der Waals surface area contributed by atoms with Crippen LogP contribution in [0.2, 0.25) is 0 Å². The Kier molecular flexibility index (Phi) is 3.77. The van der Waals surface area contributed by atoms with E-state index in [4.69, 9.17) is 10.8 Å². The summed E-state index contributed by atoms with van der Waals surface area (Å²) in [6.07, 6.45) is 3.51. The molecule has 0 fully saturated rings. The van der Waals surface area contributed by atoms with Crippen molar-refractivity contribution in [3.8, 4) is 0 Å². The van der Waals surface area contributed by atoms with Crippen molar-refractivity contribution in [3.63, 3.8) is 0 Å². The molecule has 90 valence electrons. The average molecular weight is 231 g/mol. The van der Waals surface area contributed by atoms with E-state index in [0.29, 0.717) is 5.69 Å². The second kappa shape index (κ2) is 5.50. The molecule has 2 rings (SSSR count). The number of hydrogen-bond donors (Lipinski definition) is 3. The number of aliphatic hydroxyl groups is 1. The predicted octanol–water partition coefficient (Wildman–Crippen LogP) is 2.00. The number of nitrogens with zero attached hydrogens (tertiary/aromatic N) is 1. The Balaban J connectivity index is 2.20. The first-order valence-corrected chi connectivity index (χ1v) is 5.81. The van der Waals surface area contributed by atoms with Crippen molar-refractivity contribution >= 4 is 22.3 Å². The number of pyridine rings is 1. The molecule has 0 aliphatic heterocycles. The van der Waals surface area contributed by atoms with Gasteiger partial charge in [-0.2, -0.15) is 0 Å². The van der Waals surface area contributed by atoms with Gasteiger partial charge in [0.15, 0.2) is 0 Å². The molecule has 0 amide bonds. The number of nitrogen functional groups attached to an aromatic ring is 1. The lowest BCUT2D eigenvalue weighted by Gasteiger charge is -2.10. The standard InChI is InChI=1S/C13H17N3O/c14-11-5-6-12(15-7-1-2-9-17)10-4-3-8-16-13(10)11/h3-6,8,15,17H,1-2,7,9,14H2. The van der Waals surface area contributed by atoms with E-state index in [1.807, 2.05) is 24.3 Å². The van der Waals surface area contributed by atoms with E-state index < -0.39 is 0 Å². The van der Waals surface area contributed by atoms with Crippen LogP contribution in [0.15, 0.2) is 30.5 Å². The molecule has 0 atom stereocenters. The quantitative estimate of drug-likeness (QED) is 0.543. The Hall–Kier alpha value is -1.81. The van der Waals surface area contributed by atoms with Gasteiger partial charge in [-0.05, 0) is 37.1 Å². The minimum absolute atomic E-state index is 0.242. The third-order valence-electron chi connectivity index (χ3n) is 2.70. The number of nitrogens with two attached hydrogens (primary N) is 1. The minimum Gasteiger partial charge on any atom is -0.397 e. The van der Waals surface area contributed by atoms with E-state index in [2.05, 4.69) is 10.3 Å². The molecule has 17 heavy (non-hydrogen) atoms. The van der Waals surface area contributed by atoms with E-state index in [-0.39, 0.29) is 6.61 Å². The monoisotopic (exact) mass is 231 g/mol. The van der Waals surface area contributed by atoms with Gasteiger partial charge in [0.2, 0.25) is 0 Å². The van der Waals surface area contributed by atoms with Gasteiger partial charge in [-0.1, -0.05) is 0 Å². The van der Waals surface area contributed by atoms with E-state index in [1.54, 1.807) is 6.20 Å². The van der Waals surface area contributed by atoms with Crippen molar-refractivity contribution in [2.45, 2.75) is 12.8 Å². The van der Waals surface area contributed by atoms with Crippen LogP contribution in [0.5, 0.6) is 0 Å². The summed E-state index contributed by atoms with van der Waals surface area (Å²) in [4.78, 5) is 4.28. The fourth-order valence-corrected chi connectivity index (χ4v) is 1.81. The first kappa shape index (κ1) is 11.7. The topological polar surface area (TPSA) is 71.2 Å². The second-order valence-corrected chi connectivity index (χ2v) is 3.96. The predicted molar refractivity (Wildman–Crippen MR) is 71.0 cm³/mol. The van der Waals surface area contributed by atoms with E-state index in [1.165, 1.54) is 0 Å². The maximum Gasteiger partial charge on any atom is 0.0951 e. The average Bonchev–Trinajstić information content (AvgIpc) is 2.37. The van der Waals surface area contributed by atoms with E-state index in [9.17, 15) is 0 Å². The Morgan fingerprint density at radius 3 is 2.94 bits per heavy atom. The molecule has 0 aliphatic rings. The minimum atomic E-state index is 0.242. The molecule has 0 radical (unpaired) electrons. The van der Waals surface area contributed by atoms with E-state index in [0.717, 1.165) is 36.0 Å². The lowest BCUT2D eigenvalue weighted by atomic mass is 10.1. The van der Waals surface area contributed by atoms with Crippen LogP contribution in [0.4, 0.5) is 11.4 Å².